The third kappa shape index (κ3) is 5.23. The molecule has 0 spiro atoms. The number of para-hydroxylation sites is 1. The fourth-order valence-corrected chi connectivity index (χ4v) is 3.71. The topological polar surface area (TPSA) is 151 Å². The van der Waals surface area contributed by atoms with E-state index in [1.165, 1.54) is 54.7 Å². The van der Waals surface area contributed by atoms with Gasteiger partial charge in [0.1, 0.15) is 11.5 Å². The van der Waals surface area contributed by atoms with Gasteiger partial charge in [0.15, 0.2) is 0 Å². The molecule has 0 radical (unpaired) electrons. The number of nitro benzene ring substituents is 1. The number of nitrogens with zero attached hydrogens (tertiary/aromatic N) is 2. The average molecular weight is 458 g/mol. The summed E-state index contributed by atoms with van der Waals surface area (Å²) in [6, 6.07) is 13.8. The molecule has 3 aromatic carbocycles. The first kappa shape index (κ1) is 22.4. The van der Waals surface area contributed by atoms with Gasteiger partial charge < -0.3 is 5.11 Å². The van der Waals surface area contributed by atoms with Crippen LogP contribution in [0.1, 0.15) is 15.9 Å². The van der Waals surface area contributed by atoms with E-state index in [1.807, 2.05) is 0 Å². The zero-order valence-corrected chi connectivity index (χ0v) is 16.9. The number of aromatic carboxylic acids is 1. The van der Waals surface area contributed by atoms with E-state index in [0.717, 1.165) is 18.2 Å². The van der Waals surface area contributed by atoms with Crippen molar-refractivity contribution in [1.82, 2.24) is 0 Å². The molecule has 32 heavy (non-hydrogen) atoms. The Morgan fingerprint density at radius 2 is 1.75 bits per heavy atom. The highest BCUT2D eigenvalue weighted by molar-refractivity contribution is 7.92. The highest BCUT2D eigenvalue weighted by Crippen LogP contribution is 2.29. The molecule has 164 valence electrons. The van der Waals surface area contributed by atoms with Gasteiger partial charge in [-0.05, 0) is 42.0 Å². The third-order valence-corrected chi connectivity index (χ3v) is 5.51. The Morgan fingerprint density at radius 1 is 1.06 bits per heavy atom. The first-order valence-corrected chi connectivity index (χ1v) is 10.3. The smallest absolute Gasteiger partial charge is 0.337 e. The van der Waals surface area contributed by atoms with E-state index >= 15 is 0 Å². The van der Waals surface area contributed by atoms with E-state index in [0.29, 0.717) is 5.56 Å². The highest BCUT2D eigenvalue weighted by atomic mass is 32.2. The van der Waals surface area contributed by atoms with Gasteiger partial charge in [0.2, 0.25) is 0 Å². The predicted molar refractivity (Wildman–Crippen MR) is 115 cm³/mol. The number of hydrogen-bond acceptors (Lipinski definition) is 7. The lowest BCUT2D eigenvalue weighted by Gasteiger charge is -2.11. The largest absolute Gasteiger partial charge is 0.478 e. The van der Waals surface area contributed by atoms with E-state index in [4.69, 9.17) is 0 Å². The number of sulfonamides is 1. The van der Waals surface area contributed by atoms with Crippen molar-refractivity contribution in [3.8, 4) is 0 Å². The van der Waals surface area contributed by atoms with Crippen LogP contribution in [0.3, 0.4) is 0 Å². The van der Waals surface area contributed by atoms with Crippen molar-refractivity contribution in [3.05, 3.63) is 93.8 Å². The van der Waals surface area contributed by atoms with Crippen molar-refractivity contribution >= 4 is 39.3 Å². The van der Waals surface area contributed by atoms with E-state index in [9.17, 15) is 32.8 Å². The maximum absolute atomic E-state index is 12.9. The Labute approximate surface area is 181 Å². The maximum atomic E-state index is 12.9. The highest BCUT2D eigenvalue weighted by Gasteiger charge is 2.23. The molecule has 0 bridgehead atoms. The molecular weight excluding hydrogens is 443 g/mol. The van der Waals surface area contributed by atoms with Crippen LogP contribution in [-0.4, -0.2) is 30.6 Å². The molecule has 10 nitrogen and oxygen atoms in total. The molecule has 0 aliphatic rings. The van der Waals surface area contributed by atoms with Gasteiger partial charge in [-0.3, -0.25) is 20.3 Å². The normalized spacial score (nSPS) is 11.3. The minimum atomic E-state index is -4.33. The number of nitro groups is 1. The molecule has 3 rings (SSSR count). The Morgan fingerprint density at radius 3 is 2.41 bits per heavy atom. The fourth-order valence-electron chi connectivity index (χ4n) is 2.61. The van der Waals surface area contributed by atoms with Crippen molar-refractivity contribution in [3.63, 3.8) is 0 Å². The van der Waals surface area contributed by atoms with Gasteiger partial charge in [0.05, 0.1) is 27.3 Å². The fraction of sp³-hybridized carbons (Fsp3) is 0. The monoisotopic (exact) mass is 458 g/mol. The molecule has 0 saturated heterocycles. The zero-order chi connectivity index (χ0) is 23.3. The van der Waals surface area contributed by atoms with Crippen molar-refractivity contribution in [1.29, 1.82) is 0 Å². The van der Waals surface area contributed by atoms with Gasteiger partial charge >= 0.3 is 5.97 Å². The summed E-state index contributed by atoms with van der Waals surface area (Å²) in [4.78, 5) is 21.5. The van der Waals surface area contributed by atoms with E-state index in [-0.39, 0.29) is 16.9 Å². The predicted octanol–water partition coefficient (Wildman–Crippen LogP) is 3.68. The molecule has 0 heterocycles. The second-order valence-electron chi connectivity index (χ2n) is 6.31. The molecule has 3 N–H and O–H groups in total. The first-order valence-electron chi connectivity index (χ1n) is 8.85. The molecule has 12 heteroatoms. The van der Waals surface area contributed by atoms with Crippen LogP contribution in [-0.2, 0) is 10.0 Å². The average Bonchev–Trinajstić information content (AvgIpc) is 2.75. The molecular formula is C20H15FN4O6S. The summed E-state index contributed by atoms with van der Waals surface area (Å²) in [5.74, 6) is -1.77. The standard InChI is InChI=1S/C20H15FN4O6S/c21-14-7-5-13(6-8-14)12-22-23-18-10-9-15(11-19(18)25(28)29)32(30,31)24-17-4-2-1-3-16(17)20(26)27/h1-12,23-24H,(H,26,27). The van der Waals surface area contributed by atoms with Gasteiger partial charge in [-0.25, -0.2) is 17.6 Å². The van der Waals surface area contributed by atoms with Crippen LogP contribution in [0.25, 0.3) is 0 Å². The van der Waals surface area contributed by atoms with Crippen LogP contribution in [0.5, 0.6) is 0 Å². The van der Waals surface area contributed by atoms with Crippen LogP contribution >= 0.6 is 0 Å². The number of carboxylic acids is 1. The molecule has 3 aromatic rings. The number of hydrogen-bond donors (Lipinski definition) is 3. The summed E-state index contributed by atoms with van der Waals surface area (Å²) in [7, 11) is -4.33. The summed E-state index contributed by atoms with van der Waals surface area (Å²) in [6.45, 7) is 0. The van der Waals surface area contributed by atoms with Gasteiger partial charge in [0, 0.05) is 6.07 Å². The number of benzene rings is 3. The molecule has 0 atom stereocenters. The summed E-state index contributed by atoms with van der Waals surface area (Å²) < 4.78 is 40.4. The van der Waals surface area contributed by atoms with Crippen LogP contribution < -0.4 is 10.1 Å². The van der Waals surface area contributed by atoms with Crippen LogP contribution in [0.2, 0.25) is 0 Å². The minimum absolute atomic E-state index is 0.0850. The van der Waals surface area contributed by atoms with Crippen molar-refractivity contribution in [2.24, 2.45) is 5.10 Å². The maximum Gasteiger partial charge on any atom is 0.337 e. The van der Waals surface area contributed by atoms with E-state index in [2.05, 4.69) is 15.2 Å². The van der Waals surface area contributed by atoms with Crippen molar-refractivity contribution in [2.45, 2.75) is 4.90 Å². The molecule has 0 aliphatic heterocycles. The molecule has 0 saturated carbocycles. The molecule has 0 fully saturated rings. The lowest BCUT2D eigenvalue weighted by Crippen LogP contribution is -2.16. The summed E-state index contributed by atoms with van der Waals surface area (Å²) in [6.07, 6.45) is 1.30. The quantitative estimate of drug-likeness (QED) is 0.265. The van der Waals surface area contributed by atoms with E-state index < -0.39 is 37.3 Å². The number of nitrogens with one attached hydrogen (secondary N) is 2. The lowest BCUT2D eigenvalue weighted by molar-refractivity contribution is -0.384. The Hall–Kier alpha value is -4.32. The van der Waals surface area contributed by atoms with Gasteiger partial charge in [0.25, 0.3) is 15.7 Å². The van der Waals surface area contributed by atoms with Gasteiger partial charge in [-0.15, -0.1) is 0 Å². The molecule has 0 aliphatic carbocycles. The van der Waals surface area contributed by atoms with Crippen molar-refractivity contribution in [2.75, 3.05) is 10.1 Å². The van der Waals surface area contributed by atoms with Gasteiger partial charge in [-0.2, -0.15) is 5.10 Å². The molecule has 0 unspecified atom stereocenters. The summed E-state index contributed by atoms with van der Waals surface area (Å²) >= 11 is 0. The number of rotatable bonds is 8. The van der Waals surface area contributed by atoms with Crippen LogP contribution in [0.15, 0.2) is 76.7 Å². The molecule has 0 amide bonds. The third-order valence-electron chi connectivity index (χ3n) is 4.15. The summed E-state index contributed by atoms with van der Waals surface area (Å²) in [5.41, 5.74) is 1.86. The number of anilines is 2. The number of carbonyl (C=O) groups is 1. The second-order valence-corrected chi connectivity index (χ2v) is 8.00. The van der Waals surface area contributed by atoms with Gasteiger partial charge in [-0.1, -0.05) is 24.3 Å². The Kier molecular flexibility index (Phi) is 6.45. The van der Waals surface area contributed by atoms with Crippen LogP contribution in [0, 0.1) is 15.9 Å². The zero-order valence-electron chi connectivity index (χ0n) is 16.1. The summed E-state index contributed by atoms with van der Waals surface area (Å²) in [5, 5.41) is 24.5. The number of halogens is 1. The Bertz CT molecular complexity index is 1310. The van der Waals surface area contributed by atoms with Crippen LogP contribution in [0.4, 0.5) is 21.5 Å². The lowest BCUT2D eigenvalue weighted by atomic mass is 10.2. The Balaban J connectivity index is 1.87. The SMILES string of the molecule is O=C(O)c1ccccc1NS(=O)(=O)c1ccc(NN=Cc2ccc(F)cc2)c([N+](=O)[O-])c1. The second kappa shape index (κ2) is 9.22. The van der Waals surface area contributed by atoms with E-state index in [1.54, 1.807) is 0 Å². The van der Waals surface area contributed by atoms with Crippen molar-refractivity contribution < 1.29 is 27.6 Å². The number of carboxylic acid groups (broad SMARTS) is 1. The number of hydrazone groups is 1. The minimum Gasteiger partial charge on any atom is -0.478 e. The molecule has 0 aromatic heterocycles. The first-order chi connectivity index (χ1) is 15.2.